The largest absolute Gasteiger partial charge is 0.376 e. The molecule has 8 bridgehead atoms. The van der Waals surface area contributed by atoms with Gasteiger partial charge < -0.3 is 5.32 Å². The van der Waals surface area contributed by atoms with Crippen LogP contribution in [0.15, 0.2) is 24.3 Å². The van der Waals surface area contributed by atoms with Crippen LogP contribution >= 0.6 is 0 Å². The van der Waals surface area contributed by atoms with Crippen LogP contribution in [-0.4, -0.2) is 147 Å². The zero-order chi connectivity index (χ0) is 44.8. The second kappa shape index (κ2) is 16.1. The van der Waals surface area contributed by atoms with Crippen LogP contribution in [0.4, 0.5) is 76.0 Å². The van der Waals surface area contributed by atoms with Crippen LogP contribution in [0, 0.1) is 53.2 Å². The normalized spacial score (nSPS) is 59.0. The molecule has 9 nitrogen and oxygen atoms in total. The molecule has 5 heterocycles. The molecule has 8 N–H and O–H groups in total. The standard InChI is InChI=1S/C38H45F16N9/c39-7-3-1-2-4-9(7)55-30-16-13(21(45)28(52)29(30)53)34-57-31-6-5-8(40)17(41)18(42)10(6)32(56-31)61-37-14-15(23(47)27(51)26(50)22(14)46)38(63(37)54)62-35-12-11(33(58-35)59-36(16)60-34)19(43)24(48)25(49)20(12)44/h1-4,6,8,10-38,55-62H,5H2. The maximum atomic E-state index is 17.0. The van der Waals surface area contributed by atoms with E-state index in [2.05, 4.69) is 42.5 Å². The molecular formula is C38H45F16N9. The Morgan fingerprint density at radius 1 is 0.413 bits per heavy atom. The molecule has 0 spiro atoms. The quantitative estimate of drug-likeness (QED) is 0.167. The molecular weight excluding hydrogens is 886 g/mol. The minimum atomic E-state index is -3.18. The van der Waals surface area contributed by atoms with Crippen LogP contribution in [0.25, 0.3) is 0 Å². The molecule has 10 rings (SSSR count). The summed E-state index contributed by atoms with van der Waals surface area (Å²) in [6.07, 6.45) is -56.0. The number of fused-ring (bicyclic) bond motifs is 20. The number of halogens is 16. The van der Waals surface area contributed by atoms with Crippen LogP contribution in [-0.2, 0) is 0 Å². The van der Waals surface area contributed by atoms with Crippen molar-refractivity contribution < 1.29 is 70.3 Å². The highest BCUT2D eigenvalue weighted by molar-refractivity contribution is 5.46. The molecule has 0 aromatic heterocycles. The molecule has 25 heteroatoms. The van der Waals surface area contributed by atoms with Crippen molar-refractivity contribution >= 4 is 5.69 Å². The van der Waals surface area contributed by atoms with Gasteiger partial charge in [0, 0.05) is 41.4 Å². The van der Waals surface area contributed by atoms with E-state index >= 15 is 70.3 Å². The maximum absolute atomic E-state index is 17.0. The average Bonchev–Trinajstić information content (AvgIpc) is 3.98. The molecule has 31 unspecified atom stereocenters. The van der Waals surface area contributed by atoms with E-state index in [1.54, 1.807) is 0 Å². The Morgan fingerprint density at radius 3 is 1.30 bits per heavy atom. The summed E-state index contributed by atoms with van der Waals surface area (Å²) >= 11 is 0. The molecule has 5 aliphatic heterocycles. The minimum Gasteiger partial charge on any atom is -0.376 e. The topological polar surface area (TPSA) is 99.5 Å². The molecule has 9 aliphatic rings. The molecule has 1 aromatic rings. The average molecular weight is 932 g/mol. The van der Waals surface area contributed by atoms with Gasteiger partial charge in [0.2, 0.25) is 0 Å². The summed E-state index contributed by atoms with van der Waals surface area (Å²) in [5, 5.41) is 21.2. The molecule has 63 heavy (non-hydrogen) atoms. The summed E-state index contributed by atoms with van der Waals surface area (Å²) in [7, 11) is 0. The van der Waals surface area contributed by atoms with Crippen molar-refractivity contribution in [3.05, 3.63) is 30.1 Å². The van der Waals surface area contributed by atoms with Gasteiger partial charge in [-0.25, -0.2) is 65.9 Å². The number of nitrogens with zero attached hydrogens (tertiary/aromatic N) is 1. The van der Waals surface area contributed by atoms with Crippen molar-refractivity contribution in [1.29, 1.82) is 0 Å². The number of para-hydroxylation sites is 1. The molecule has 1 aromatic carbocycles. The Morgan fingerprint density at radius 2 is 0.794 bits per heavy atom. The summed E-state index contributed by atoms with van der Waals surface area (Å²) in [6, 6.07) is 2.94. The second-order valence-corrected chi connectivity index (χ2v) is 18.7. The van der Waals surface area contributed by atoms with Crippen molar-refractivity contribution in [2.75, 3.05) is 5.32 Å². The predicted molar refractivity (Wildman–Crippen MR) is 190 cm³/mol. The summed E-state index contributed by atoms with van der Waals surface area (Å²) < 4.78 is 252. The lowest BCUT2D eigenvalue weighted by atomic mass is 9.71. The Balaban J connectivity index is 1.10. The second-order valence-electron chi connectivity index (χ2n) is 18.7. The summed E-state index contributed by atoms with van der Waals surface area (Å²) in [5.41, 5.74) is -0.362. The lowest BCUT2D eigenvalue weighted by Crippen LogP contribution is -2.63. The fraction of sp³-hybridized carbons (Fsp3) is 0.842. The van der Waals surface area contributed by atoms with Crippen molar-refractivity contribution in [1.82, 2.24) is 42.3 Å². The number of anilines is 1. The van der Waals surface area contributed by atoms with Gasteiger partial charge in [0.15, 0.2) is 43.2 Å². The molecule has 0 amide bonds. The Labute approximate surface area is 349 Å². The highest BCUT2D eigenvalue weighted by Gasteiger charge is 2.69. The first-order valence-corrected chi connectivity index (χ1v) is 21.2. The third-order valence-electron chi connectivity index (χ3n) is 15.7. The smallest absolute Gasteiger partial charge is 0.165 e. The van der Waals surface area contributed by atoms with Crippen LogP contribution in [0.5, 0.6) is 0 Å². The van der Waals surface area contributed by atoms with E-state index in [1.807, 2.05) is 0 Å². The minimum absolute atomic E-state index is 0.329. The fourth-order valence-electron chi connectivity index (χ4n) is 12.8. The van der Waals surface area contributed by atoms with Crippen molar-refractivity contribution in [3.63, 3.8) is 0 Å². The zero-order valence-electron chi connectivity index (χ0n) is 32.4. The van der Waals surface area contributed by atoms with Crippen molar-refractivity contribution in [3.8, 4) is 0 Å². The van der Waals surface area contributed by atoms with Gasteiger partial charge in [-0.2, -0.15) is 0 Å². The number of hydrogen-bond acceptors (Lipinski definition) is 9. The summed E-state index contributed by atoms with van der Waals surface area (Å²) in [6.45, 7) is 0. The molecule has 4 aliphatic carbocycles. The van der Waals surface area contributed by atoms with Gasteiger partial charge in [-0.05, 0) is 24.5 Å². The van der Waals surface area contributed by atoms with Gasteiger partial charge in [0.25, 0.3) is 0 Å². The van der Waals surface area contributed by atoms with Crippen LogP contribution in [0.1, 0.15) is 6.42 Å². The Hall–Kier alpha value is -2.42. The van der Waals surface area contributed by atoms with Gasteiger partial charge in [-0.15, -0.1) is 9.60 Å². The van der Waals surface area contributed by atoms with E-state index in [0.717, 1.165) is 6.07 Å². The Kier molecular flexibility index (Phi) is 11.4. The van der Waals surface area contributed by atoms with Gasteiger partial charge in [0.05, 0.1) is 61.1 Å². The van der Waals surface area contributed by atoms with Gasteiger partial charge in [-0.1, -0.05) is 12.1 Å². The SMILES string of the molecule is Fc1ccccc1NC1C(F)C(F)C(F)C2C3NC4NC(NC5C6C(F)C(F)C(F)C(F)C6C(NC6NC(NC(N3)C12)C1C(F)C(F)C(F)C(F)C61)N5F)C1C(F)C(F)C(F)CC41. The Bertz CT molecular complexity index is 1840. The maximum Gasteiger partial charge on any atom is 0.165 e. The first-order valence-electron chi connectivity index (χ1n) is 21.2. The van der Waals surface area contributed by atoms with Gasteiger partial charge in [-0.3, -0.25) is 37.2 Å². The fourth-order valence-corrected chi connectivity index (χ4v) is 12.8. The number of hydrogen-bond donors (Lipinski definition) is 8. The van der Waals surface area contributed by atoms with E-state index in [4.69, 9.17) is 0 Å². The third kappa shape index (κ3) is 6.63. The first kappa shape index (κ1) is 44.4. The van der Waals surface area contributed by atoms with E-state index in [-0.39, 0.29) is 10.8 Å². The number of rotatable bonds is 2. The molecule has 0 radical (unpaired) electrons. The monoisotopic (exact) mass is 931 g/mol. The van der Waals surface area contributed by atoms with Crippen LogP contribution in [0.2, 0.25) is 0 Å². The van der Waals surface area contributed by atoms with E-state index in [1.165, 1.54) is 18.2 Å². The highest BCUT2D eigenvalue weighted by Crippen LogP contribution is 2.52. The van der Waals surface area contributed by atoms with E-state index < -0.39 is 201 Å². The molecule has 31 atom stereocenters. The van der Waals surface area contributed by atoms with E-state index in [9.17, 15) is 0 Å². The lowest BCUT2D eigenvalue weighted by molar-refractivity contribution is -0.0974. The lowest BCUT2D eigenvalue weighted by Gasteiger charge is -2.45. The number of nitrogens with one attached hydrogen (secondary N) is 8. The number of benzene rings is 1. The third-order valence-corrected chi connectivity index (χ3v) is 15.7. The highest BCUT2D eigenvalue weighted by atomic mass is 19.2. The summed E-state index contributed by atoms with van der Waals surface area (Å²) in [4.78, 5) is 0. The van der Waals surface area contributed by atoms with E-state index in [0.29, 0.717) is 0 Å². The van der Waals surface area contributed by atoms with Gasteiger partial charge in [0.1, 0.15) is 49.0 Å². The molecule has 5 saturated heterocycles. The molecule has 4 saturated carbocycles. The zero-order valence-corrected chi connectivity index (χ0v) is 32.4. The molecule has 9 fully saturated rings. The van der Waals surface area contributed by atoms with Gasteiger partial charge >= 0.3 is 0 Å². The first-order chi connectivity index (χ1) is 29.9. The molecule has 354 valence electrons. The summed E-state index contributed by atoms with van der Waals surface area (Å²) in [5.74, 6) is -15.7. The van der Waals surface area contributed by atoms with Crippen molar-refractivity contribution in [2.24, 2.45) is 47.3 Å². The van der Waals surface area contributed by atoms with Crippen LogP contribution < -0.4 is 42.5 Å². The van der Waals surface area contributed by atoms with Crippen LogP contribution in [0.3, 0.4) is 0 Å². The number of alkyl halides is 14. The van der Waals surface area contributed by atoms with Crippen molar-refractivity contribution in [2.45, 2.75) is 148 Å². The predicted octanol–water partition coefficient (Wildman–Crippen LogP) is 3.70.